The van der Waals surface area contributed by atoms with E-state index in [0.717, 1.165) is 61.9 Å². The Morgan fingerprint density at radius 2 is 1.40 bits per heavy atom. The van der Waals surface area contributed by atoms with Crippen LogP contribution in [0.4, 0.5) is 11.4 Å². The molecule has 0 saturated heterocycles. The monoisotopic (exact) mass is 698 g/mol. The van der Waals surface area contributed by atoms with Crippen molar-refractivity contribution in [3.8, 4) is 27.9 Å². The molecule has 1 aliphatic carbocycles. The number of allylic oxidation sites excluding steroid dienone is 2. The highest BCUT2D eigenvalue weighted by Gasteiger charge is 2.25. The fraction of sp³-hybridized carbons (Fsp3) is 0.0612. The largest absolute Gasteiger partial charge is 0.455 e. The summed E-state index contributed by atoms with van der Waals surface area (Å²) in [5, 5.41) is 4.61. The van der Waals surface area contributed by atoms with Gasteiger partial charge in [0.2, 0.25) is 0 Å². The zero-order valence-electron chi connectivity index (χ0n) is 28.9. The molecule has 9 aromatic rings. The maximum absolute atomic E-state index is 6.78. The summed E-state index contributed by atoms with van der Waals surface area (Å²) in [7, 11) is 0. The van der Waals surface area contributed by atoms with E-state index in [-0.39, 0.29) is 6.04 Å². The van der Waals surface area contributed by atoms with Crippen molar-refractivity contribution in [2.45, 2.75) is 23.1 Å². The minimum absolute atomic E-state index is 0.238. The molecule has 4 heteroatoms. The second-order valence-corrected chi connectivity index (χ2v) is 15.0. The third kappa shape index (κ3) is 4.83. The molecule has 11 rings (SSSR count). The number of para-hydroxylation sites is 3. The molecular formula is C49H34N2OS. The molecule has 53 heavy (non-hydrogen) atoms. The lowest BCUT2D eigenvalue weighted by molar-refractivity contribution is 0.673. The number of hydrogen-bond donors (Lipinski definition) is 0. The van der Waals surface area contributed by atoms with Crippen LogP contribution in [0.25, 0.3) is 71.7 Å². The Bertz CT molecular complexity index is 2930. The lowest BCUT2D eigenvalue weighted by atomic mass is 9.92. The van der Waals surface area contributed by atoms with Gasteiger partial charge >= 0.3 is 0 Å². The predicted molar refractivity (Wildman–Crippen MR) is 224 cm³/mol. The number of anilines is 2. The number of nitrogens with zero attached hydrogens (tertiary/aromatic N) is 2. The highest BCUT2D eigenvalue weighted by molar-refractivity contribution is 7.98. The summed E-state index contributed by atoms with van der Waals surface area (Å²) in [6.45, 7) is 0. The molecule has 1 unspecified atom stereocenters. The highest BCUT2D eigenvalue weighted by Crippen LogP contribution is 2.48. The topological polar surface area (TPSA) is 21.3 Å². The third-order valence-corrected chi connectivity index (χ3v) is 12.1. The van der Waals surface area contributed by atoms with Crippen LogP contribution in [-0.4, -0.2) is 10.6 Å². The molecule has 0 bridgehead atoms. The van der Waals surface area contributed by atoms with Gasteiger partial charge in [-0.25, -0.2) is 0 Å². The number of hydrogen-bond acceptors (Lipinski definition) is 3. The fourth-order valence-electron chi connectivity index (χ4n) is 8.55. The summed E-state index contributed by atoms with van der Waals surface area (Å²) < 4.78 is 9.24. The van der Waals surface area contributed by atoms with Crippen LogP contribution in [0.2, 0.25) is 0 Å². The van der Waals surface area contributed by atoms with Crippen molar-refractivity contribution in [1.82, 2.24) is 4.57 Å². The molecule has 0 spiro atoms. The van der Waals surface area contributed by atoms with E-state index in [0.29, 0.717) is 0 Å². The Labute approximate surface area is 312 Å². The Morgan fingerprint density at radius 3 is 2.26 bits per heavy atom. The summed E-state index contributed by atoms with van der Waals surface area (Å²) in [6, 6.07) is 55.6. The van der Waals surface area contributed by atoms with Crippen LogP contribution >= 0.6 is 11.8 Å². The smallest absolute Gasteiger partial charge is 0.145 e. The third-order valence-electron chi connectivity index (χ3n) is 11.0. The number of benzene rings is 7. The molecular weight excluding hydrogens is 665 g/mol. The number of aromatic nitrogens is 1. The molecule has 0 saturated carbocycles. The van der Waals surface area contributed by atoms with E-state index in [4.69, 9.17) is 4.42 Å². The zero-order valence-corrected chi connectivity index (χ0v) is 29.8. The number of thioether (sulfide) groups is 1. The van der Waals surface area contributed by atoms with Crippen molar-refractivity contribution in [1.29, 1.82) is 0 Å². The first-order valence-corrected chi connectivity index (χ1v) is 19.3. The van der Waals surface area contributed by atoms with Gasteiger partial charge in [-0.05, 0) is 95.4 Å². The van der Waals surface area contributed by atoms with Crippen LogP contribution in [0.5, 0.6) is 0 Å². The summed E-state index contributed by atoms with van der Waals surface area (Å²) in [5.74, 6) is 0.979. The van der Waals surface area contributed by atoms with Crippen LogP contribution < -0.4 is 4.90 Å². The maximum Gasteiger partial charge on any atom is 0.145 e. The zero-order chi connectivity index (χ0) is 34.9. The van der Waals surface area contributed by atoms with Crippen molar-refractivity contribution >= 4 is 66.9 Å². The molecule has 0 radical (unpaired) electrons. The normalized spacial score (nSPS) is 15.0. The van der Waals surface area contributed by atoms with E-state index in [1.54, 1.807) is 0 Å². The quantitative estimate of drug-likeness (QED) is 0.179. The maximum atomic E-state index is 6.78. The Morgan fingerprint density at radius 1 is 0.623 bits per heavy atom. The van der Waals surface area contributed by atoms with Gasteiger partial charge in [0.25, 0.3) is 0 Å². The molecule has 0 amide bonds. The van der Waals surface area contributed by atoms with Crippen LogP contribution in [0, 0.1) is 0 Å². The molecule has 2 aromatic heterocycles. The minimum Gasteiger partial charge on any atom is -0.455 e. The van der Waals surface area contributed by atoms with E-state index in [2.05, 4.69) is 185 Å². The molecule has 3 heterocycles. The number of rotatable bonds is 5. The van der Waals surface area contributed by atoms with Gasteiger partial charge < -0.3 is 13.9 Å². The summed E-state index contributed by atoms with van der Waals surface area (Å²) >= 11 is 1.93. The van der Waals surface area contributed by atoms with E-state index in [9.17, 15) is 0 Å². The summed E-state index contributed by atoms with van der Waals surface area (Å²) in [4.78, 5) is 3.79. The van der Waals surface area contributed by atoms with Crippen LogP contribution in [0.3, 0.4) is 0 Å². The lowest BCUT2D eigenvalue weighted by Gasteiger charge is -2.32. The van der Waals surface area contributed by atoms with Gasteiger partial charge in [-0.1, -0.05) is 109 Å². The number of fused-ring (bicyclic) bond motifs is 10. The average Bonchev–Trinajstić information content (AvgIpc) is 3.78. The van der Waals surface area contributed by atoms with Gasteiger partial charge in [0.15, 0.2) is 0 Å². The van der Waals surface area contributed by atoms with E-state index in [1.165, 1.54) is 43.8 Å². The second kappa shape index (κ2) is 12.2. The molecule has 252 valence electrons. The van der Waals surface area contributed by atoms with Crippen LogP contribution in [-0.2, 0) is 5.75 Å². The molecule has 7 aromatic carbocycles. The first-order chi connectivity index (χ1) is 26.3. The van der Waals surface area contributed by atoms with Gasteiger partial charge in [-0.2, -0.15) is 0 Å². The molecule has 0 N–H and O–H groups in total. The van der Waals surface area contributed by atoms with E-state index < -0.39 is 0 Å². The average molecular weight is 699 g/mol. The SMILES string of the molecule is C1=CCC(N(c2ccccc2)c2ccc(-n3c4ccccc4c4c5oc6ccccc6c5cc(-c5ccc6c(c5)-c5ccccc5SC6)c43)cc2)C=C1. The van der Waals surface area contributed by atoms with Crippen LogP contribution in [0.1, 0.15) is 12.0 Å². The van der Waals surface area contributed by atoms with Crippen molar-refractivity contribution < 1.29 is 4.42 Å². The van der Waals surface area contributed by atoms with Crippen LogP contribution in [0.15, 0.2) is 185 Å². The molecule has 0 fully saturated rings. The van der Waals surface area contributed by atoms with Crippen molar-refractivity contribution in [2.24, 2.45) is 0 Å². The van der Waals surface area contributed by atoms with Gasteiger partial charge in [0.1, 0.15) is 11.2 Å². The molecule has 1 atom stereocenters. The minimum atomic E-state index is 0.238. The molecule has 2 aliphatic rings. The summed E-state index contributed by atoms with van der Waals surface area (Å²) in [6.07, 6.45) is 9.82. The second-order valence-electron chi connectivity index (χ2n) is 14.0. The van der Waals surface area contributed by atoms with Gasteiger partial charge in [0, 0.05) is 49.4 Å². The highest BCUT2D eigenvalue weighted by atomic mass is 32.2. The Balaban J connectivity index is 1.18. The molecule has 3 nitrogen and oxygen atoms in total. The Hall–Kier alpha value is -6.23. The van der Waals surface area contributed by atoms with Gasteiger partial charge in [0.05, 0.1) is 22.5 Å². The number of furan rings is 1. The summed E-state index contributed by atoms with van der Waals surface area (Å²) in [5.41, 5.74) is 14.0. The van der Waals surface area contributed by atoms with Gasteiger partial charge in [-0.15, -0.1) is 11.8 Å². The van der Waals surface area contributed by atoms with Crippen molar-refractivity contribution in [3.63, 3.8) is 0 Å². The van der Waals surface area contributed by atoms with Crippen molar-refractivity contribution in [3.05, 3.63) is 182 Å². The predicted octanol–water partition coefficient (Wildman–Crippen LogP) is 13.6. The van der Waals surface area contributed by atoms with Crippen molar-refractivity contribution in [2.75, 3.05) is 4.90 Å². The van der Waals surface area contributed by atoms with Gasteiger partial charge in [-0.3, -0.25) is 0 Å². The van der Waals surface area contributed by atoms with E-state index in [1.807, 2.05) is 11.8 Å². The Kier molecular flexibility index (Phi) is 6.99. The van der Waals surface area contributed by atoms with E-state index >= 15 is 0 Å². The standard InChI is InChI=1S/C49H34N2OS/c1-3-13-34(14-4-1)50(35-15-5-2-6-16-35)36-25-27-37(28-26-36)51-44-20-10-7-19-40(44)47-48(51)42(30-43-38-17-8-11-21-45(38)52-49(43)47)32-23-24-33-31-53-46-22-12-9-18-39(46)41(33)29-32/h1-15,17-30,35H,16,31H2. The fourth-order valence-corrected chi connectivity index (χ4v) is 9.62. The molecule has 1 aliphatic heterocycles. The lowest BCUT2D eigenvalue weighted by Crippen LogP contribution is -2.29. The first-order valence-electron chi connectivity index (χ1n) is 18.3. The first kappa shape index (κ1) is 30.4.